The quantitative estimate of drug-likeness (QED) is 0.774. The van der Waals surface area contributed by atoms with Gasteiger partial charge in [0.2, 0.25) is 0 Å². The Bertz CT molecular complexity index is 387. The van der Waals surface area contributed by atoms with Gasteiger partial charge in [0.1, 0.15) is 10.8 Å². The van der Waals surface area contributed by atoms with Crippen LogP contribution in [0.4, 0.5) is 14.5 Å². The number of nitrogen functional groups attached to an aromatic ring is 1. The summed E-state index contributed by atoms with van der Waals surface area (Å²) in [6, 6.07) is 3.12. The molecular formula is C8H6ClF2N3. The molecule has 6 heteroatoms. The Hall–Kier alpha value is -1.41. The van der Waals surface area contributed by atoms with Crippen molar-refractivity contribution in [3.8, 4) is 6.07 Å². The van der Waals surface area contributed by atoms with E-state index < -0.39 is 12.1 Å². The Morgan fingerprint density at radius 1 is 1.64 bits per heavy atom. The van der Waals surface area contributed by atoms with Gasteiger partial charge in [-0.3, -0.25) is 0 Å². The second kappa shape index (κ2) is 4.20. The topological polar surface area (TPSA) is 62.7 Å². The zero-order chi connectivity index (χ0) is 10.7. The molecule has 0 fully saturated rings. The summed E-state index contributed by atoms with van der Waals surface area (Å²) in [5, 5.41) is 8.32. The lowest BCUT2D eigenvalue weighted by Gasteiger charge is -2.07. The summed E-state index contributed by atoms with van der Waals surface area (Å²) in [7, 11) is 0. The van der Waals surface area contributed by atoms with Gasteiger partial charge in [0.05, 0.1) is 18.2 Å². The molecule has 3 nitrogen and oxygen atoms in total. The Labute approximate surface area is 84.1 Å². The first-order chi connectivity index (χ1) is 6.56. The van der Waals surface area contributed by atoms with Gasteiger partial charge in [-0.2, -0.15) is 5.26 Å². The number of hydrogen-bond acceptors (Lipinski definition) is 3. The van der Waals surface area contributed by atoms with E-state index in [1.165, 1.54) is 6.07 Å². The van der Waals surface area contributed by atoms with E-state index in [4.69, 9.17) is 22.6 Å². The first-order valence-electron chi connectivity index (χ1n) is 3.66. The Balaban J connectivity index is 3.26. The van der Waals surface area contributed by atoms with Crippen LogP contribution in [-0.4, -0.2) is 4.98 Å². The number of nitriles is 1. The predicted octanol–water partition coefficient (Wildman–Crippen LogP) is 2.32. The molecule has 0 aliphatic carbocycles. The molecule has 0 aromatic carbocycles. The molecule has 0 amide bonds. The fourth-order valence-electron chi connectivity index (χ4n) is 0.991. The zero-order valence-corrected chi connectivity index (χ0v) is 7.72. The number of nitrogens with two attached hydrogens (primary N) is 1. The molecule has 0 radical (unpaired) electrons. The predicted molar refractivity (Wildman–Crippen MR) is 47.9 cm³/mol. The van der Waals surface area contributed by atoms with E-state index in [1.807, 2.05) is 0 Å². The van der Waals surface area contributed by atoms with E-state index in [-0.39, 0.29) is 22.8 Å². The van der Waals surface area contributed by atoms with Gasteiger partial charge in [-0.1, -0.05) is 11.6 Å². The molecule has 0 saturated heterocycles. The van der Waals surface area contributed by atoms with E-state index in [0.29, 0.717) is 0 Å². The third-order valence-electron chi connectivity index (χ3n) is 1.62. The lowest BCUT2D eigenvalue weighted by atomic mass is 10.1. The van der Waals surface area contributed by atoms with Crippen LogP contribution in [0.3, 0.4) is 0 Å². The third-order valence-corrected chi connectivity index (χ3v) is 1.81. The molecule has 0 bridgehead atoms. The monoisotopic (exact) mass is 217 g/mol. The minimum absolute atomic E-state index is 0.0617. The van der Waals surface area contributed by atoms with Crippen LogP contribution in [0, 0.1) is 11.3 Å². The molecule has 0 unspecified atom stereocenters. The van der Waals surface area contributed by atoms with Crippen LogP contribution in [0.25, 0.3) is 0 Å². The van der Waals surface area contributed by atoms with E-state index in [1.54, 1.807) is 6.07 Å². The van der Waals surface area contributed by atoms with Crippen molar-refractivity contribution < 1.29 is 8.78 Å². The maximum absolute atomic E-state index is 12.3. The average molecular weight is 218 g/mol. The van der Waals surface area contributed by atoms with Gasteiger partial charge >= 0.3 is 0 Å². The number of aromatic nitrogens is 1. The van der Waals surface area contributed by atoms with E-state index in [2.05, 4.69) is 4.98 Å². The number of rotatable bonds is 2. The maximum atomic E-state index is 12.3. The van der Waals surface area contributed by atoms with Gasteiger partial charge in [-0.15, -0.1) is 0 Å². The highest BCUT2D eigenvalue weighted by Gasteiger charge is 2.17. The molecule has 0 spiro atoms. The van der Waals surface area contributed by atoms with Gasteiger partial charge in [0, 0.05) is 0 Å². The zero-order valence-electron chi connectivity index (χ0n) is 6.97. The van der Waals surface area contributed by atoms with Crippen molar-refractivity contribution >= 4 is 17.3 Å². The number of nitrogens with zero attached hydrogens (tertiary/aromatic N) is 2. The molecule has 74 valence electrons. The van der Waals surface area contributed by atoms with Crippen molar-refractivity contribution in [3.05, 3.63) is 22.5 Å². The highest BCUT2D eigenvalue weighted by molar-refractivity contribution is 6.29. The SMILES string of the molecule is N#CCc1cc(Cl)nc(C(F)F)c1N. The van der Waals surface area contributed by atoms with Crippen molar-refractivity contribution in [3.63, 3.8) is 0 Å². The minimum atomic E-state index is -2.79. The van der Waals surface area contributed by atoms with Crippen molar-refractivity contribution in [1.82, 2.24) is 4.98 Å². The van der Waals surface area contributed by atoms with Crippen molar-refractivity contribution in [1.29, 1.82) is 5.26 Å². The summed E-state index contributed by atoms with van der Waals surface area (Å²) in [6.45, 7) is 0. The molecule has 1 aromatic heterocycles. The normalized spacial score (nSPS) is 10.2. The summed E-state index contributed by atoms with van der Waals surface area (Å²) in [4.78, 5) is 3.40. The minimum Gasteiger partial charge on any atom is -0.397 e. The Kier molecular flexibility index (Phi) is 3.20. The van der Waals surface area contributed by atoms with Gasteiger partial charge in [-0.25, -0.2) is 13.8 Å². The van der Waals surface area contributed by atoms with Crippen LogP contribution in [0.1, 0.15) is 17.7 Å². The first-order valence-corrected chi connectivity index (χ1v) is 4.04. The second-order valence-electron chi connectivity index (χ2n) is 2.54. The third kappa shape index (κ3) is 2.09. The fourth-order valence-corrected chi connectivity index (χ4v) is 1.21. The van der Waals surface area contributed by atoms with Crippen LogP contribution < -0.4 is 5.73 Å². The molecule has 1 rings (SSSR count). The molecule has 14 heavy (non-hydrogen) atoms. The summed E-state index contributed by atoms with van der Waals surface area (Å²) in [5.74, 6) is 0. The summed E-state index contributed by atoms with van der Waals surface area (Å²) < 4.78 is 24.7. The van der Waals surface area contributed by atoms with Crippen LogP contribution in [0.5, 0.6) is 0 Å². The van der Waals surface area contributed by atoms with Gasteiger partial charge < -0.3 is 5.73 Å². The molecule has 2 N–H and O–H groups in total. The largest absolute Gasteiger partial charge is 0.397 e. The van der Waals surface area contributed by atoms with E-state index in [0.717, 1.165) is 0 Å². The number of anilines is 1. The van der Waals surface area contributed by atoms with E-state index >= 15 is 0 Å². The van der Waals surface area contributed by atoms with Crippen LogP contribution in [0.2, 0.25) is 5.15 Å². The summed E-state index contributed by atoms with van der Waals surface area (Å²) in [5.41, 5.74) is 4.94. The Morgan fingerprint density at radius 3 is 2.79 bits per heavy atom. The van der Waals surface area contributed by atoms with Crippen LogP contribution in [-0.2, 0) is 6.42 Å². The molecule has 0 atom stereocenters. The second-order valence-corrected chi connectivity index (χ2v) is 2.93. The molecule has 1 aromatic rings. The summed E-state index contributed by atoms with van der Waals surface area (Å²) >= 11 is 5.49. The van der Waals surface area contributed by atoms with Crippen molar-refractivity contribution in [2.24, 2.45) is 0 Å². The van der Waals surface area contributed by atoms with Crippen LogP contribution in [0.15, 0.2) is 6.07 Å². The van der Waals surface area contributed by atoms with Gasteiger partial charge in [0.25, 0.3) is 6.43 Å². The average Bonchev–Trinajstić information content (AvgIpc) is 2.10. The summed E-state index contributed by atoms with van der Waals surface area (Å²) in [6.07, 6.45) is -2.85. The molecule has 1 heterocycles. The smallest absolute Gasteiger partial charge is 0.282 e. The molecular weight excluding hydrogens is 212 g/mol. The van der Waals surface area contributed by atoms with Gasteiger partial charge in [-0.05, 0) is 11.6 Å². The standard InChI is InChI=1S/C8H6ClF2N3/c9-5-3-4(1-2-12)6(13)7(14-5)8(10)11/h3,8H,1,13H2. The molecule has 0 saturated carbocycles. The number of alkyl halides is 2. The first kappa shape index (κ1) is 10.7. The highest BCUT2D eigenvalue weighted by Crippen LogP contribution is 2.28. The van der Waals surface area contributed by atoms with E-state index in [9.17, 15) is 8.78 Å². The highest BCUT2D eigenvalue weighted by atomic mass is 35.5. The molecule has 0 aliphatic heterocycles. The lowest BCUT2D eigenvalue weighted by molar-refractivity contribution is 0.147. The van der Waals surface area contributed by atoms with Crippen molar-refractivity contribution in [2.45, 2.75) is 12.8 Å². The number of halogens is 3. The number of pyridine rings is 1. The fraction of sp³-hybridized carbons (Fsp3) is 0.250. The Morgan fingerprint density at radius 2 is 2.29 bits per heavy atom. The lowest BCUT2D eigenvalue weighted by Crippen LogP contribution is -2.03. The maximum Gasteiger partial charge on any atom is 0.282 e. The number of hydrogen-bond donors (Lipinski definition) is 1. The van der Waals surface area contributed by atoms with Gasteiger partial charge in [0.15, 0.2) is 0 Å². The van der Waals surface area contributed by atoms with Crippen LogP contribution >= 0.6 is 11.6 Å². The van der Waals surface area contributed by atoms with Crippen molar-refractivity contribution in [2.75, 3.05) is 5.73 Å². The molecule has 0 aliphatic rings.